The Hall–Kier alpha value is -1.55. The van der Waals surface area contributed by atoms with E-state index in [9.17, 15) is 4.79 Å². The lowest BCUT2D eigenvalue weighted by molar-refractivity contribution is -0.133. The van der Waals surface area contributed by atoms with Gasteiger partial charge in [-0.05, 0) is 12.1 Å². The van der Waals surface area contributed by atoms with Gasteiger partial charge in [0.1, 0.15) is 0 Å². The molecule has 0 unspecified atom stereocenters. The zero-order valence-electron chi connectivity index (χ0n) is 7.21. The van der Waals surface area contributed by atoms with Crippen LogP contribution >= 0.6 is 12.2 Å². The maximum absolute atomic E-state index is 11.2. The van der Waals surface area contributed by atoms with E-state index >= 15 is 0 Å². The fourth-order valence-electron chi connectivity index (χ4n) is 1.16. The van der Waals surface area contributed by atoms with Crippen LogP contribution in [-0.2, 0) is 9.53 Å². The Balaban J connectivity index is 2.30. The molecule has 1 aromatic carbocycles. The van der Waals surface area contributed by atoms with Crippen molar-refractivity contribution in [1.82, 2.24) is 0 Å². The summed E-state index contributed by atoms with van der Waals surface area (Å²) in [4.78, 5) is 15.2. The SMILES string of the molecule is O=C1OC(c2ccccc2)=N[C@@H]1C=S. The second-order valence-corrected chi connectivity index (χ2v) is 3.07. The molecule has 0 spiro atoms. The molecule has 0 saturated heterocycles. The molecule has 0 saturated carbocycles. The number of esters is 1. The number of rotatable bonds is 2. The van der Waals surface area contributed by atoms with E-state index in [2.05, 4.69) is 17.2 Å². The average Bonchev–Trinajstić information content (AvgIpc) is 2.61. The van der Waals surface area contributed by atoms with Gasteiger partial charge in [0.15, 0.2) is 6.04 Å². The fourth-order valence-corrected chi connectivity index (χ4v) is 1.33. The zero-order valence-corrected chi connectivity index (χ0v) is 8.03. The van der Waals surface area contributed by atoms with Crippen LogP contribution < -0.4 is 0 Å². The van der Waals surface area contributed by atoms with Crippen molar-refractivity contribution in [3.05, 3.63) is 35.9 Å². The van der Waals surface area contributed by atoms with E-state index in [0.717, 1.165) is 5.56 Å². The highest BCUT2D eigenvalue weighted by atomic mass is 32.1. The molecule has 0 aromatic heterocycles. The molecule has 0 radical (unpaired) electrons. The van der Waals surface area contributed by atoms with E-state index in [0.29, 0.717) is 5.90 Å². The summed E-state index contributed by atoms with van der Waals surface area (Å²) in [5.41, 5.74) is 0.792. The monoisotopic (exact) mass is 205 g/mol. The van der Waals surface area contributed by atoms with Crippen LogP contribution in [0.15, 0.2) is 35.3 Å². The third kappa shape index (κ3) is 1.56. The summed E-state index contributed by atoms with van der Waals surface area (Å²) in [6.07, 6.45) is 0. The Morgan fingerprint density at radius 3 is 2.64 bits per heavy atom. The van der Waals surface area contributed by atoms with Gasteiger partial charge >= 0.3 is 5.97 Å². The molecular weight excluding hydrogens is 198 g/mol. The van der Waals surface area contributed by atoms with Crippen molar-refractivity contribution >= 4 is 29.5 Å². The van der Waals surface area contributed by atoms with Gasteiger partial charge in [-0.25, -0.2) is 9.79 Å². The van der Waals surface area contributed by atoms with Gasteiger partial charge in [-0.1, -0.05) is 30.4 Å². The first-order valence-electron chi connectivity index (χ1n) is 4.11. The van der Waals surface area contributed by atoms with Crippen LogP contribution in [0, 0.1) is 0 Å². The Bertz CT molecular complexity index is 400. The lowest BCUT2D eigenvalue weighted by Gasteiger charge is -1.97. The number of thiocarbonyl (C=S) groups is 1. The molecule has 1 heterocycles. The minimum atomic E-state index is -0.625. The van der Waals surface area contributed by atoms with E-state index in [1.54, 1.807) is 0 Å². The molecule has 70 valence electrons. The number of hydrogen-bond acceptors (Lipinski definition) is 4. The maximum Gasteiger partial charge on any atom is 0.342 e. The topological polar surface area (TPSA) is 38.7 Å². The summed E-state index contributed by atoms with van der Waals surface area (Å²) in [5.74, 6) is -0.0550. The van der Waals surface area contributed by atoms with Gasteiger partial charge in [-0.3, -0.25) is 0 Å². The Kier molecular flexibility index (Phi) is 2.37. The van der Waals surface area contributed by atoms with Crippen molar-refractivity contribution in [2.75, 3.05) is 0 Å². The highest BCUT2D eigenvalue weighted by Crippen LogP contribution is 2.11. The van der Waals surface area contributed by atoms with Crippen molar-refractivity contribution in [3.8, 4) is 0 Å². The molecule has 14 heavy (non-hydrogen) atoms. The van der Waals surface area contributed by atoms with Crippen LogP contribution in [0.25, 0.3) is 0 Å². The summed E-state index contributed by atoms with van der Waals surface area (Å²) in [7, 11) is 0. The number of cyclic esters (lactones) is 1. The zero-order chi connectivity index (χ0) is 9.97. The van der Waals surface area contributed by atoms with E-state index in [1.165, 1.54) is 5.37 Å². The quantitative estimate of drug-likeness (QED) is 0.540. The minimum Gasteiger partial charge on any atom is -0.405 e. The van der Waals surface area contributed by atoms with Crippen LogP contribution in [-0.4, -0.2) is 23.3 Å². The van der Waals surface area contributed by atoms with Crippen molar-refractivity contribution in [1.29, 1.82) is 0 Å². The normalized spacial score (nSPS) is 20.1. The molecule has 0 fully saturated rings. The lowest BCUT2D eigenvalue weighted by atomic mass is 10.2. The number of hydrogen-bond donors (Lipinski definition) is 0. The molecule has 2 rings (SSSR count). The maximum atomic E-state index is 11.2. The van der Waals surface area contributed by atoms with Gasteiger partial charge in [0.25, 0.3) is 0 Å². The van der Waals surface area contributed by atoms with Gasteiger partial charge in [-0.15, -0.1) is 0 Å². The molecule has 1 aliphatic rings. The molecule has 0 N–H and O–H groups in total. The molecule has 0 aliphatic carbocycles. The van der Waals surface area contributed by atoms with Crippen LogP contribution in [0.4, 0.5) is 0 Å². The first-order valence-corrected chi connectivity index (χ1v) is 4.58. The second kappa shape index (κ2) is 3.67. The lowest BCUT2D eigenvalue weighted by Crippen LogP contribution is -2.15. The van der Waals surface area contributed by atoms with Gasteiger partial charge in [-0.2, -0.15) is 0 Å². The Morgan fingerprint density at radius 2 is 2.07 bits per heavy atom. The Labute approximate surface area is 86.4 Å². The standard InChI is InChI=1S/C10H7NO2S/c12-10-8(6-14)11-9(13-10)7-4-2-1-3-5-7/h1-6,8H/t8-/m1/s1. The van der Waals surface area contributed by atoms with Crippen molar-refractivity contribution in [3.63, 3.8) is 0 Å². The van der Waals surface area contributed by atoms with Crippen LogP contribution in [0.3, 0.4) is 0 Å². The average molecular weight is 205 g/mol. The van der Waals surface area contributed by atoms with Crippen LogP contribution in [0.2, 0.25) is 0 Å². The fraction of sp³-hybridized carbons (Fsp3) is 0.100. The van der Waals surface area contributed by atoms with Crippen LogP contribution in [0.5, 0.6) is 0 Å². The predicted molar refractivity (Wildman–Crippen MR) is 56.5 cm³/mol. The minimum absolute atomic E-state index is 0.349. The third-order valence-electron chi connectivity index (χ3n) is 1.84. The van der Waals surface area contributed by atoms with Crippen LogP contribution in [0.1, 0.15) is 5.56 Å². The molecule has 0 amide bonds. The summed E-state index contributed by atoms with van der Waals surface area (Å²) >= 11 is 4.66. The third-order valence-corrected chi connectivity index (χ3v) is 2.10. The van der Waals surface area contributed by atoms with Crippen molar-refractivity contribution in [2.24, 2.45) is 4.99 Å². The summed E-state index contributed by atoms with van der Waals surface area (Å²) in [6, 6.07) is 8.64. The molecule has 0 bridgehead atoms. The number of nitrogens with zero attached hydrogens (tertiary/aromatic N) is 1. The number of carbonyl (C=O) groups excluding carboxylic acids is 1. The number of ether oxygens (including phenoxy) is 1. The highest BCUT2D eigenvalue weighted by Gasteiger charge is 2.27. The number of carbonyl (C=O) groups is 1. The van der Waals surface area contributed by atoms with E-state index in [4.69, 9.17) is 4.74 Å². The predicted octanol–water partition coefficient (Wildman–Crippen LogP) is 1.36. The highest BCUT2D eigenvalue weighted by molar-refractivity contribution is 7.79. The summed E-state index contributed by atoms with van der Waals surface area (Å²) in [5, 5.41) is 1.30. The van der Waals surface area contributed by atoms with Gasteiger partial charge < -0.3 is 4.74 Å². The van der Waals surface area contributed by atoms with Crippen molar-refractivity contribution < 1.29 is 9.53 Å². The number of aliphatic imine (C=N–C) groups is 1. The molecule has 3 nitrogen and oxygen atoms in total. The van der Waals surface area contributed by atoms with Crippen molar-refractivity contribution in [2.45, 2.75) is 6.04 Å². The Morgan fingerprint density at radius 1 is 1.36 bits per heavy atom. The molecular formula is C10H7NO2S. The molecule has 4 heteroatoms. The second-order valence-electron chi connectivity index (χ2n) is 2.80. The smallest absolute Gasteiger partial charge is 0.342 e. The van der Waals surface area contributed by atoms with E-state index < -0.39 is 12.0 Å². The van der Waals surface area contributed by atoms with Gasteiger partial charge in [0, 0.05) is 10.9 Å². The summed E-state index contributed by atoms with van der Waals surface area (Å²) < 4.78 is 4.96. The largest absolute Gasteiger partial charge is 0.405 e. The molecule has 1 aliphatic heterocycles. The summed E-state index contributed by atoms with van der Waals surface area (Å²) in [6.45, 7) is 0. The first-order chi connectivity index (χ1) is 6.81. The van der Waals surface area contributed by atoms with Gasteiger partial charge in [0.2, 0.25) is 5.90 Å². The van der Waals surface area contributed by atoms with Gasteiger partial charge in [0.05, 0.1) is 0 Å². The molecule has 1 atom stereocenters. The van der Waals surface area contributed by atoms with E-state index in [1.807, 2.05) is 30.3 Å². The van der Waals surface area contributed by atoms with E-state index in [-0.39, 0.29) is 0 Å². The first kappa shape index (κ1) is 9.02. The number of benzene rings is 1. The molecule has 1 aromatic rings.